The van der Waals surface area contributed by atoms with Gasteiger partial charge in [-0.25, -0.2) is 4.39 Å². The Bertz CT molecular complexity index is 865. The maximum Gasteiger partial charge on any atom is 0.417 e. The summed E-state index contributed by atoms with van der Waals surface area (Å²) < 4.78 is 52.1. The second kappa shape index (κ2) is 8.00. The molecule has 4 nitrogen and oxygen atoms in total. The number of nitrogens with one attached hydrogen (secondary N) is 1. The molecule has 28 heavy (non-hydrogen) atoms. The molecule has 2 aromatic rings. The highest BCUT2D eigenvalue weighted by Gasteiger charge is 2.35. The first kappa shape index (κ1) is 19.9. The van der Waals surface area contributed by atoms with Crippen LogP contribution in [0.15, 0.2) is 48.5 Å². The lowest BCUT2D eigenvalue weighted by atomic mass is 10.1. The van der Waals surface area contributed by atoms with E-state index in [0.717, 1.165) is 17.7 Å². The lowest BCUT2D eigenvalue weighted by Crippen LogP contribution is -2.32. The van der Waals surface area contributed by atoms with Crippen molar-refractivity contribution in [3.8, 4) is 0 Å². The third-order valence-corrected chi connectivity index (χ3v) is 4.61. The van der Waals surface area contributed by atoms with E-state index in [0.29, 0.717) is 13.1 Å². The average molecular weight is 394 g/mol. The molecule has 1 atom stereocenters. The number of hydrogen-bond acceptors (Lipinski definition) is 2. The van der Waals surface area contributed by atoms with Gasteiger partial charge in [0.2, 0.25) is 5.91 Å². The molecule has 0 aliphatic carbocycles. The largest absolute Gasteiger partial charge is 0.417 e. The predicted molar refractivity (Wildman–Crippen MR) is 93.7 cm³/mol. The van der Waals surface area contributed by atoms with Gasteiger partial charge in [0.05, 0.1) is 11.1 Å². The van der Waals surface area contributed by atoms with Crippen molar-refractivity contribution in [1.82, 2.24) is 10.2 Å². The number of carbonyl (C=O) groups excluding carboxylic acids is 2. The molecule has 0 spiro atoms. The number of rotatable bonds is 5. The Morgan fingerprint density at radius 2 is 1.79 bits per heavy atom. The van der Waals surface area contributed by atoms with Crippen LogP contribution in [-0.4, -0.2) is 29.8 Å². The maximum absolute atomic E-state index is 13.0. The number of carbonyl (C=O) groups is 2. The van der Waals surface area contributed by atoms with E-state index in [4.69, 9.17) is 0 Å². The normalized spacial score (nSPS) is 17.1. The maximum atomic E-state index is 13.0. The molecule has 2 aromatic carbocycles. The van der Waals surface area contributed by atoms with E-state index in [-0.39, 0.29) is 30.6 Å². The molecule has 1 N–H and O–H groups in total. The van der Waals surface area contributed by atoms with Crippen LogP contribution in [-0.2, 0) is 17.5 Å². The summed E-state index contributed by atoms with van der Waals surface area (Å²) in [6.07, 6.45) is -4.42. The van der Waals surface area contributed by atoms with Crippen LogP contribution in [0.25, 0.3) is 0 Å². The van der Waals surface area contributed by atoms with E-state index in [1.807, 2.05) is 0 Å². The molecule has 1 unspecified atom stereocenters. The van der Waals surface area contributed by atoms with Gasteiger partial charge < -0.3 is 10.2 Å². The summed E-state index contributed by atoms with van der Waals surface area (Å²) in [5.41, 5.74) is -0.658. The fraction of sp³-hybridized carbons (Fsp3) is 0.300. The average Bonchev–Trinajstić information content (AvgIpc) is 3.00. The summed E-state index contributed by atoms with van der Waals surface area (Å²) in [5, 5.41) is 2.50. The van der Waals surface area contributed by atoms with Crippen molar-refractivity contribution >= 4 is 11.8 Å². The molecule has 8 heteroatoms. The quantitative estimate of drug-likeness (QED) is 0.788. The highest BCUT2D eigenvalue weighted by Crippen LogP contribution is 2.31. The molecular weight excluding hydrogens is 376 g/mol. The molecule has 0 bridgehead atoms. The molecule has 1 aliphatic heterocycles. The zero-order valence-electron chi connectivity index (χ0n) is 14.8. The second-order valence-electron chi connectivity index (χ2n) is 6.72. The molecule has 2 amide bonds. The molecule has 148 valence electrons. The van der Waals surface area contributed by atoms with Crippen molar-refractivity contribution in [2.45, 2.75) is 19.1 Å². The molecule has 1 aliphatic rings. The van der Waals surface area contributed by atoms with Crippen molar-refractivity contribution in [1.29, 1.82) is 0 Å². The lowest BCUT2D eigenvalue weighted by Gasteiger charge is -2.17. The summed E-state index contributed by atoms with van der Waals surface area (Å²) >= 11 is 0. The molecule has 3 rings (SSSR count). The monoisotopic (exact) mass is 394 g/mol. The second-order valence-corrected chi connectivity index (χ2v) is 6.72. The van der Waals surface area contributed by atoms with Gasteiger partial charge in [-0.3, -0.25) is 9.59 Å². The third-order valence-electron chi connectivity index (χ3n) is 4.61. The first-order valence-corrected chi connectivity index (χ1v) is 8.70. The van der Waals surface area contributed by atoms with Crippen LogP contribution >= 0.6 is 0 Å². The zero-order chi connectivity index (χ0) is 20.3. The Labute approximate surface area is 159 Å². The van der Waals surface area contributed by atoms with Crippen LogP contribution in [0.1, 0.15) is 27.9 Å². The van der Waals surface area contributed by atoms with Crippen molar-refractivity contribution in [2.75, 3.05) is 13.1 Å². The summed E-state index contributed by atoms with van der Waals surface area (Å²) in [7, 11) is 0. The Morgan fingerprint density at radius 3 is 2.46 bits per heavy atom. The van der Waals surface area contributed by atoms with Crippen molar-refractivity contribution in [3.63, 3.8) is 0 Å². The Morgan fingerprint density at radius 1 is 1.11 bits per heavy atom. The summed E-state index contributed by atoms with van der Waals surface area (Å²) in [4.78, 5) is 25.9. The standard InChI is InChI=1S/C20H18F4N2O2/c21-15-7-5-13(6-8-15)11-26-12-14(9-18(26)27)10-25-19(28)16-3-1-2-4-17(16)20(22,23)24/h1-8,14H,9-12H2,(H,25,28). The van der Waals surface area contributed by atoms with E-state index >= 15 is 0 Å². The van der Waals surface area contributed by atoms with E-state index in [1.54, 1.807) is 17.0 Å². The van der Waals surface area contributed by atoms with Gasteiger partial charge in [0.15, 0.2) is 0 Å². The smallest absolute Gasteiger partial charge is 0.352 e. The predicted octanol–water partition coefficient (Wildman–Crippen LogP) is 3.62. The van der Waals surface area contributed by atoms with Crippen molar-refractivity contribution < 1.29 is 27.2 Å². The molecule has 1 saturated heterocycles. The number of hydrogen-bond donors (Lipinski definition) is 1. The van der Waals surface area contributed by atoms with Gasteiger partial charge in [-0.15, -0.1) is 0 Å². The van der Waals surface area contributed by atoms with E-state index in [9.17, 15) is 27.2 Å². The summed E-state index contributed by atoms with van der Waals surface area (Å²) in [6, 6.07) is 10.4. The minimum atomic E-state index is -4.62. The van der Waals surface area contributed by atoms with Gasteiger partial charge in [0.1, 0.15) is 5.82 Å². The van der Waals surface area contributed by atoms with E-state index < -0.39 is 23.2 Å². The fourth-order valence-corrected chi connectivity index (χ4v) is 3.21. The molecule has 1 heterocycles. The van der Waals surface area contributed by atoms with Gasteiger partial charge in [-0.2, -0.15) is 13.2 Å². The molecule has 0 aromatic heterocycles. The third kappa shape index (κ3) is 4.68. The topological polar surface area (TPSA) is 49.4 Å². The molecule has 0 saturated carbocycles. The van der Waals surface area contributed by atoms with Crippen LogP contribution in [0.3, 0.4) is 0 Å². The Hall–Kier alpha value is -2.90. The SMILES string of the molecule is O=C(NCC1CC(=O)N(Cc2ccc(F)cc2)C1)c1ccccc1C(F)(F)F. The van der Waals surface area contributed by atoms with Crippen LogP contribution in [0, 0.1) is 11.7 Å². The van der Waals surface area contributed by atoms with Crippen LogP contribution < -0.4 is 5.32 Å². The van der Waals surface area contributed by atoms with Gasteiger partial charge in [-0.1, -0.05) is 24.3 Å². The van der Waals surface area contributed by atoms with Gasteiger partial charge in [0.25, 0.3) is 5.91 Å². The summed E-state index contributed by atoms with van der Waals surface area (Å²) in [5.74, 6) is -1.50. The molecule has 0 radical (unpaired) electrons. The molecule has 1 fully saturated rings. The number of halogens is 4. The van der Waals surface area contributed by atoms with E-state index in [1.165, 1.54) is 24.3 Å². The van der Waals surface area contributed by atoms with E-state index in [2.05, 4.69) is 5.32 Å². The molecular formula is C20H18F4N2O2. The Balaban J connectivity index is 1.58. The minimum Gasteiger partial charge on any atom is -0.352 e. The minimum absolute atomic E-state index is 0.0939. The highest BCUT2D eigenvalue weighted by molar-refractivity contribution is 5.95. The summed E-state index contributed by atoms with van der Waals surface area (Å²) in [6.45, 7) is 0.786. The fourth-order valence-electron chi connectivity index (χ4n) is 3.21. The lowest BCUT2D eigenvalue weighted by molar-refractivity contribution is -0.138. The first-order chi connectivity index (χ1) is 13.2. The van der Waals surface area contributed by atoms with Gasteiger partial charge >= 0.3 is 6.18 Å². The van der Waals surface area contributed by atoms with Crippen molar-refractivity contribution in [3.05, 3.63) is 71.0 Å². The number of amides is 2. The first-order valence-electron chi connectivity index (χ1n) is 8.70. The number of nitrogens with zero attached hydrogens (tertiary/aromatic N) is 1. The number of benzene rings is 2. The van der Waals surface area contributed by atoms with Gasteiger partial charge in [-0.05, 0) is 29.8 Å². The Kier molecular flexibility index (Phi) is 5.67. The van der Waals surface area contributed by atoms with Gasteiger partial charge in [0, 0.05) is 32.0 Å². The van der Waals surface area contributed by atoms with Crippen LogP contribution in [0.2, 0.25) is 0 Å². The van der Waals surface area contributed by atoms with Crippen LogP contribution in [0.5, 0.6) is 0 Å². The van der Waals surface area contributed by atoms with Crippen molar-refractivity contribution in [2.24, 2.45) is 5.92 Å². The van der Waals surface area contributed by atoms with Crippen LogP contribution in [0.4, 0.5) is 17.6 Å². The number of alkyl halides is 3. The number of likely N-dealkylation sites (tertiary alicyclic amines) is 1. The zero-order valence-corrected chi connectivity index (χ0v) is 14.8. The highest BCUT2D eigenvalue weighted by atomic mass is 19.4.